The van der Waals surface area contributed by atoms with Crippen LogP contribution in [0.1, 0.15) is 32.4 Å². The van der Waals surface area contributed by atoms with Gasteiger partial charge in [0.05, 0.1) is 12.9 Å². The Hall–Kier alpha value is -1.77. The number of imidazole rings is 1. The molecule has 0 radical (unpaired) electrons. The maximum absolute atomic E-state index is 6.48. The van der Waals surface area contributed by atoms with Crippen LogP contribution < -0.4 is 5.73 Å². The van der Waals surface area contributed by atoms with Gasteiger partial charge in [-0.3, -0.25) is 4.57 Å². The van der Waals surface area contributed by atoms with Crippen molar-refractivity contribution in [3.63, 3.8) is 0 Å². The number of rotatable bonds is 4. The summed E-state index contributed by atoms with van der Waals surface area (Å²) in [7, 11) is 1.72. The predicted molar refractivity (Wildman–Crippen MR) is 82.7 cm³/mol. The average Bonchev–Trinajstić information content (AvgIpc) is 3.04. The third kappa shape index (κ3) is 2.05. The largest absolute Gasteiger partial charge is 0.382 e. The molecule has 0 aromatic carbocycles. The molecule has 124 valence electrons. The normalized spacial score (nSPS) is 33.4. The van der Waals surface area contributed by atoms with Crippen LogP contribution >= 0.6 is 0 Å². The SMILES string of the molecule is CCC[C@]12CCO[C@@H](C1OC)[C@H](n1cnc3c(N)ncnc31)O2. The highest BCUT2D eigenvalue weighted by Gasteiger charge is 2.58. The first-order chi connectivity index (χ1) is 11.2. The Morgan fingerprint density at radius 1 is 1.43 bits per heavy atom. The van der Waals surface area contributed by atoms with Gasteiger partial charge in [-0.1, -0.05) is 13.3 Å². The first kappa shape index (κ1) is 14.8. The molecule has 23 heavy (non-hydrogen) atoms. The molecule has 4 atom stereocenters. The number of hydrogen-bond donors (Lipinski definition) is 1. The number of aromatic nitrogens is 4. The van der Waals surface area contributed by atoms with E-state index in [0.29, 0.717) is 23.6 Å². The van der Waals surface area contributed by atoms with Gasteiger partial charge >= 0.3 is 0 Å². The van der Waals surface area contributed by atoms with Crippen LogP contribution in [-0.4, -0.2) is 51.0 Å². The second kappa shape index (κ2) is 5.40. The van der Waals surface area contributed by atoms with Crippen LogP contribution in [0, 0.1) is 0 Å². The highest BCUT2D eigenvalue weighted by molar-refractivity contribution is 5.81. The Balaban J connectivity index is 1.78. The van der Waals surface area contributed by atoms with Crippen molar-refractivity contribution in [3.8, 4) is 0 Å². The van der Waals surface area contributed by atoms with Crippen molar-refractivity contribution in [1.29, 1.82) is 0 Å². The van der Waals surface area contributed by atoms with Crippen LogP contribution in [0.4, 0.5) is 5.82 Å². The van der Waals surface area contributed by atoms with Gasteiger partial charge in [0.15, 0.2) is 17.7 Å². The molecule has 2 saturated heterocycles. The van der Waals surface area contributed by atoms with E-state index >= 15 is 0 Å². The molecule has 2 aromatic rings. The van der Waals surface area contributed by atoms with E-state index in [1.165, 1.54) is 6.33 Å². The molecule has 0 aliphatic carbocycles. The topological polar surface area (TPSA) is 97.3 Å². The summed E-state index contributed by atoms with van der Waals surface area (Å²) in [5.41, 5.74) is 6.80. The fraction of sp³-hybridized carbons (Fsp3) is 0.667. The molecule has 0 saturated carbocycles. The molecule has 8 nitrogen and oxygen atoms in total. The molecule has 2 aromatic heterocycles. The van der Waals surface area contributed by atoms with E-state index < -0.39 is 0 Å². The number of fused-ring (bicyclic) bond motifs is 3. The van der Waals surface area contributed by atoms with Crippen LogP contribution in [-0.2, 0) is 14.2 Å². The Bertz CT molecular complexity index is 716. The standard InChI is InChI=1S/C15H21N5O3/c1-3-4-15-5-6-22-10(11(15)21-2)14(23-15)20-8-19-9-12(16)17-7-18-13(9)20/h7-8,10-11,14H,3-6H2,1-2H3,(H2,16,17,18)/t10-,11?,14+,15-/m0/s1. The van der Waals surface area contributed by atoms with Gasteiger partial charge in [0.1, 0.15) is 29.7 Å². The quantitative estimate of drug-likeness (QED) is 0.906. The summed E-state index contributed by atoms with van der Waals surface area (Å²) in [5, 5.41) is 0. The second-order valence-electron chi connectivity index (χ2n) is 6.15. The lowest BCUT2D eigenvalue weighted by Crippen LogP contribution is -2.49. The van der Waals surface area contributed by atoms with E-state index in [1.807, 2.05) is 4.57 Å². The number of anilines is 1. The molecule has 2 aliphatic rings. The minimum atomic E-state index is -0.326. The molecular formula is C15H21N5O3. The zero-order valence-electron chi connectivity index (χ0n) is 13.3. The minimum absolute atomic E-state index is 0.0992. The number of hydrogen-bond acceptors (Lipinski definition) is 7. The summed E-state index contributed by atoms with van der Waals surface area (Å²) in [6, 6.07) is 0. The van der Waals surface area contributed by atoms with Crippen LogP contribution in [0.15, 0.2) is 12.7 Å². The van der Waals surface area contributed by atoms with Crippen molar-refractivity contribution in [1.82, 2.24) is 19.5 Å². The van der Waals surface area contributed by atoms with Gasteiger partial charge in [0.2, 0.25) is 0 Å². The van der Waals surface area contributed by atoms with Gasteiger partial charge in [-0.25, -0.2) is 15.0 Å². The highest BCUT2D eigenvalue weighted by Crippen LogP contribution is 2.48. The zero-order valence-corrected chi connectivity index (χ0v) is 13.3. The van der Waals surface area contributed by atoms with Crippen LogP contribution in [0.25, 0.3) is 11.2 Å². The molecular weight excluding hydrogens is 298 g/mol. The third-order valence-corrected chi connectivity index (χ3v) is 4.88. The summed E-state index contributed by atoms with van der Waals surface area (Å²) in [6.07, 6.45) is 5.31. The van der Waals surface area contributed by atoms with Crippen molar-refractivity contribution in [3.05, 3.63) is 12.7 Å². The molecule has 2 N–H and O–H groups in total. The smallest absolute Gasteiger partial charge is 0.167 e. The number of nitrogens with two attached hydrogens (primary N) is 1. The van der Waals surface area contributed by atoms with E-state index in [4.69, 9.17) is 19.9 Å². The highest BCUT2D eigenvalue weighted by atomic mass is 16.6. The predicted octanol–water partition coefficient (Wildman–Crippen LogP) is 1.28. The maximum Gasteiger partial charge on any atom is 0.167 e. The third-order valence-electron chi connectivity index (χ3n) is 4.88. The number of methoxy groups -OCH3 is 1. The molecule has 4 heterocycles. The minimum Gasteiger partial charge on any atom is -0.382 e. The lowest BCUT2D eigenvalue weighted by molar-refractivity contribution is -0.138. The monoisotopic (exact) mass is 319 g/mol. The lowest BCUT2D eigenvalue weighted by atomic mass is 9.85. The number of nitrogens with zero attached hydrogens (tertiary/aromatic N) is 4. The molecule has 4 rings (SSSR count). The van der Waals surface area contributed by atoms with Gasteiger partial charge in [-0.05, 0) is 6.42 Å². The van der Waals surface area contributed by atoms with Crippen molar-refractivity contribution < 1.29 is 14.2 Å². The second-order valence-corrected chi connectivity index (χ2v) is 6.15. The summed E-state index contributed by atoms with van der Waals surface area (Å²) in [4.78, 5) is 12.6. The molecule has 0 amide bonds. The molecule has 2 fully saturated rings. The Kier molecular flexibility index (Phi) is 3.47. The molecule has 2 aliphatic heterocycles. The van der Waals surface area contributed by atoms with Crippen LogP contribution in [0.3, 0.4) is 0 Å². The average molecular weight is 319 g/mol. The summed E-state index contributed by atoms with van der Waals surface area (Å²) < 4.78 is 20.1. The van der Waals surface area contributed by atoms with Gasteiger partial charge in [0.25, 0.3) is 0 Å². The molecule has 0 spiro atoms. The first-order valence-electron chi connectivity index (χ1n) is 7.95. The Morgan fingerprint density at radius 3 is 3.09 bits per heavy atom. The summed E-state index contributed by atoms with van der Waals surface area (Å²) in [5.74, 6) is 0.363. The maximum atomic E-state index is 6.48. The van der Waals surface area contributed by atoms with E-state index in [-0.39, 0.29) is 24.0 Å². The van der Waals surface area contributed by atoms with Gasteiger partial charge in [0, 0.05) is 13.5 Å². The molecule has 1 unspecified atom stereocenters. The van der Waals surface area contributed by atoms with Gasteiger partial charge in [-0.15, -0.1) is 0 Å². The van der Waals surface area contributed by atoms with Crippen molar-refractivity contribution in [2.75, 3.05) is 19.5 Å². The van der Waals surface area contributed by atoms with E-state index in [9.17, 15) is 0 Å². The van der Waals surface area contributed by atoms with Gasteiger partial charge in [-0.2, -0.15) is 0 Å². The Morgan fingerprint density at radius 2 is 2.30 bits per heavy atom. The fourth-order valence-electron chi connectivity index (χ4n) is 3.93. The number of nitrogen functional groups attached to an aromatic ring is 1. The van der Waals surface area contributed by atoms with E-state index in [1.54, 1.807) is 13.4 Å². The van der Waals surface area contributed by atoms with Crippen LogP contribution in [0.2, 0.25) is 0 Å². The van der Waals surface area contributed by atoms with Crippen molar-refractivity contribution >= 4 is 17.0 Å². The molecule has 8 heteroatoms. The van der Waals surface area contributed by atoms with Crippen molar-refractivity contribution in [2.24, 2.45) is 0 Å². The number of ether oxygens (including phenoxy) is 3. The van der Waals surface area contributed by atoms with Crippen molar-refractivity contribution in [2.45, 2.75) is 50.2 Å². The van der Waals surface area contributed by atoms with E-state index in [2.05, 4.69) is 21.9 Å². The summed E-state index contributed by atoms with van der Waals surface area (Å²) >= 11 is 0. The first-order valence-corrected chi connectivity index (χ1v) is 7.95. The van der Waals surface area contributed by atoms with Crippen LogP contribution in [0.5, 0.6) is 0 Å². The molecule has 2 bridgehead atoms. The lowest BCUT2D eigenvalue weighted by Gasteiger charge is -2.37. The Labute approximate surface area is 134 Å². The fourth-order valence-corrected chi connectivity index (χ4v) is 3.93. The zero-order chi connectivity index (χ0) is 16.0. The van der Waals surface area contributed by atoms with E-state index in [0.717, 1.165) is 19.3 Å². The summed E-state index contributed by atoms with van der Waals surface area (Å²) in [6.45, 7) is 2.83. The van der Waals surface area contributed by atoms with Gasteiger partial charge < -0.3 is 19.9 Å².